The number of aryl methyl sites for hydroxylation is 1. The summed E-state index contributed by atoms with van der Waals surface area (Å²) in [5.74, 6) is 1.60. The van der Waals surface area contributed by atoms with Crippen LogP contribution in [-0.2, 0) is 19.5 Å². The van der Waals surface area contributed by atoms with Crippen LogP contribution in [0.15, 0.2) is 89.9 Å². The van der Waals surface area contributed by atoms with E-state index in [4.69, 9.17) is 9.72 Å². The van der Waals surface area contributed by atoms with Crippen LogP contribution in [-0.4, -0.2) is 22.1 Å². The molecule has 0 saturated heterocycles. The Bertz CT molecular complexity index is 1270. The van der Waals surface area contributed by atoms with E-state index in [1.54, 1.807) is 12.1 Å². The van der Waals surface area contributed by atoms with Crippen LogP contribution in [0, 0.1) is 0 Å². The van der Waals surface area contributed by atoms with Crippen molar-refractivity contribution in [3.63, 3.8) is 0 Å². The van der Waals surface area contributed by atoms with Gasteiger partial charge >= 0.3 is 0 Å². The number of ether oxygens (including phenoxy) is 1. The lowest BCUT2D eigenvalue weighted by Gasteiger charge is -2.13. The number of imidazole rings is 1. The van der Waals surface area contributed by atoms with E-state index in [0.29, 0.717) is 18.7 Å². The van der Waals surface area contributed by atoms with Crippen molar-refractivity contribution < 1.29 is 9.53 Å². The maximum absolute atomic E-state index is 12.6. The van der Waals surface area contributed by atoms with Crippen molar-refractivity contribution in [3.8, 4) is 5.75 Å². The summed E-state index contributed by atoms with van der Waals surface area (Å²) in [6.07, 6.45) is 3.48. The van der Waals surface area contributed by atoms with Crippen molar-refractivity contribution >= 4 is 32.9 Å². The number of carbonyl (C=O) groups excluding carboxylic acids is 1. The maximum Gasteiger partial charge on any atom is 0.251 e. The molecule has 1 amide bonds. The molecule has 4 rings (SSSR count). The fourth-order valence-electron chi connectivity index (χ4n) is 3.77. The molecule has 0 saturated carbocycles. The predicted molar refractivity (Wildman–Crippen MR) is 136 cm³/mol. The minimum Gasteiger partial charge on any atom is -0.493 e. The highest BCUT2D eigenvalue weighted by molar-refractivity contribution is 9.10. The number of nitrogens with one attached hydrogen (secondary N) is 1. The lowest BCUT2D eigenvalue weighted by atomic mass is 10.1. The van der Waals surface area contributed by atoms with Crippen LogP contribution in [0.5, 0.6) is 5.75 Å². The van der Waals surface area contributed by atoms with E-state index >= 15 is 0 Å². The first-order valence-electron chi connectivity index (χ1n) is 10.9. The highest BCUT2D eigenvalue weighted by atomic mass is 79.9. The molecule has 0 fully saturated rings. The summed E-state index contributed by atoms with van der Waals surface area (Å²) in [6.45, 7) is 5.50. The first-order valence-corrected chi connectivity index (χ1v) is 11.7. The van der Waals surface area contributed by atoms with Crippen LogP contribution in [0.25, 0.3) is 11.0 Å². The fraction of sp³-hybridized carbons (Fsp3) is 0.185. The first kappa shape index (κ1) is 22.8. The molecular weight excluding hydrogens is 478 g/mol. The smallest absolute Gasteiger partial charge is 0.251 e. The molecule has 0 spiro atoms. The topological polar surface area (TPSA) is 56.1 Å². The number of aromatic nitrogens is 2. The van der Waals surface area contributed by atoms with E-state index in [0.717, 1.165) is 52.0 Å². The third kappa shape index (κ3) is 5.71. The fourth-order valence-corrected chi connectivity index (χ4v) is 4.17. The molecule has 0 radical (unpaired) electrons. The van der Waals surface area contributed by atoms with E-state index < -0.39 is 0 Å². The van der Waals surface area contributed by atoms with Gasteiger partial charge in [-0.25, -0.2) is 4.98 Å². The largest absolute Gasteiger partial charge is 0.493 e. The SMILES string of the molecule is C=CCc1ccccc1OCCCn1c(CNC(=O)c2cccc(Br)c2)nc2ccccc21. The van der Waals surface area contributed by atoms with E-state index in [2.05, 4.69) is 44.5 Å². The van der Waals surface area contributed by atoms with E-state index in [-0.39, 0.29) is 5.91 Å². The van der Waals surface area contributed by atoms with Gasteiger partial charge in [-0.2, -0.15) is 0 Å². The monoisotopic (exact) mass is 503 g/mol. The van der Waals surface area contributed by atoms with Crippen molar-refractivity contribution in [1.82, 2.24) is 14.9 Å². The van der Waals surface area contributed by atoms with E-state index in [1.807, 2.05) is 54.6 Å². The molecule has 0 bridgehead atoms. The first-order chi connectivity index (χ1) is 16.2. The van der Waals surface area contributed by atoms with Gasteiger partial charge in [-0.3, -0.25) is 4.79 Å². The van der Waals surface area contributed by atoms with Gasteiger partial charge in [-0.05, 0) is 54.8 Å². The molecule has 1 aromatic heterocycles. The number of para-hydroxylation sites is 3. The predicted octanol–water partition coefficient (Wildman–Crippen LogP) is 5.93. The summed E-state index contributed by atoms with van der Waals surface area (Å²) in [7, 11) is 0. The Morgan fingerprint density at radius 1 is 1.09 bits per heavy atom. The lowest BCUT2D eigenvalue weighted by molar-refractivity contribution is 0.0949. The van der Waals surface area contributed by atoms with Gasteiger partial charge in [0.15, 0.2) is 0 Å². The van der Waals surface area contributed by atoms with Gasteiger partial charge in [0.05, 0.1) is 24.2 Å². The van der Waals surface area contributed by atoms with Gasteiger partial charge in [-0.15, -0.1) is 6.58 Å². The molecule has 168 valence electrons. The highest BCUT2D eigenvalue weighted by Gasteiger charge is 2.13. The van der Waals surface area contributed by atoms with Gasteiger partial charge in [0.2, 0.25) is 0 Å². The molecule has 3 aromatic carbocycles. The van der Waals surface area contributed by atoms with Crippen molar-refractivity contribution in [2.75, 3.05) is 6.61 Å². The van der Waals surface area contributed by atoms with Crippen LogP contribution >= 0.6 is 15.9 Å². The average Bonchev–Trinajstić information content (AvgIpc) is 3.19. The third-order valence-electron chi connectivity index (χ3n) is 5.35. The van der Waals surface area contributed by atoms with Gasteiger partial charge in [0, 0.05) is 16.6 Å². The Labute approximate surface area is 202 Å². The van der Waals surface area contributed by atoms with Crippen LogP contribution in [0.1, 0.15) is 28.2 Å². The Kier molecular flexibility index (Phi) is 7.58. The summed E-state index contributed by atoms with van der Waals surface area (Å²) in [6, 6.07) is 23.4. The zero-order valence-electron chi connectivity index (χ0n) is 18.3. The molecule has 0 unspecified atom stereocenters. The number of allylic oxidation sites excluding steroid dienone is 1. The van der Waals surface area contributed by atoms with E-state index in [1.165, 1.54) is 0 Å². The Hall–Kier alpha value is -3.38. The molecular formula is C27H26BrN3O2. The minimum absolute atomic E-state index is 0.128. The quantitative estimate of drug-likeness (QED) is 0.215. The second-order valence-corrected chi connectivity index (χ2v) is 8.58. The number of carbonyl (C=O) groups is 1. The molecule has 0 aliphatic rings. The second kappa shape index (κ2) is 11.0. The third-order valence-corrected chi connectivity index (χ3v) is 5.84. The Morgan fingerprint density at radius 3 is 2.76 bits per heavy atom. The van der Waals surface area contributed by atoms with Gasteiger partial charge in [0.1, 0.15) is 11.6 Å². The van der Waals surface area contributed by atoms with Gasteiger partial charge in [-0.1, -0.05) is 58.4 Å². The zero-order valence-corrected chi connectivity index (χ0v) is 19.9. The van der Waals surface area contributed by atoms with E-state index in [9.17, 15) is 4.79 Å². The summed E-state index contributed by atoms with van der Waals surface area (Å²) >= 11 is 3.41. The number of hydrogen-bond donors (Lipinski definition) is 1. The lowest BCUT2D eigenvalue weighted by Crippen LogP contribution is -2.25. The summed E-state index contributed by atoms with van der Waals surface area (Å²) in [5, 5.41) is 3.00. The molecule has 0 aliphatic heterocycles. The molecule has 6 heteroatoms. The number of hydrogen-bond acceptors (Lipinski definition) is 3. The minimum atomic E-state index is -0.128. The number of halogens is 1. The molecule has 33 heavy (non-hydrogen) atoms. The van der Waals surface area contributed by atoms with Crippen LogP contribution in [0.3, 0.4) is 0 Å². The van der Waals surface area contributed by atoms with Crippen LogP contribution in [0.2, 0.25) is 0 Å². The van der Waals surface area contributed by atoms with Crippen LogP contribution in [0.4, 0.5) is 0 Å². The summed E-state index contributed by atoms with van der Waals surface area (Å²) in [5.41, 5.74) is 3.72. The standard InChI is InChI=1S/C27H26BrN3O2/c1-2-9-20-10-3-6-15-25(20)33-17-8-16-31-24-14-5-4-13-23(24)30-26(31)19-29-27(32)21-11-7-12-22(28)18-21/h2-7,10-15,18H,1,8-9,16-17,19H2,(H,29,32). The number of fused-ring (bicyclic) bond motifs is 1. The molecule has 4 aromatic rings. The normalized spacial score (nSPS) is 10.8. The van der Waals surface area contributed by atoms with Crippen molar-refractivity contribution in [2.24, 2.45) is 0 Å². The van der Waals surface area contributed by atoms with Crippen LogP contribution < -0.4 is 10.1 Å². The zero-order chi connectivity index (χ0) is 23.0. The molecule has 0 atom stereocenters. The van der Waals surface area contributed by atoms with Crippen molar-refractivity contribution in [1.29, 1.82) is 0 Å². The summed E-state index contributed by atoms with van der Waals surface area (Å²) in [4.78, 5) is 17.4. The van der Waals surface area contributed by atoms with Gasteiger partial charge < -0.3 is 14.6 Å². The Balaban J connectivity index is 1.43. The molecule has 0 aliphatic carbocycles. The number of amides is 1. The highest BCUT2D eigenvalue weighted by Crippen LogP contribution is 2.20. The number of nitrogens with zero attached hydrogens (tertiary/aromatic N) is 2. The second-order valence-electron chi connectivity index (χ2n) is 7.66. The average molecular weight is 504 g/mol. The van der Waals surface area contributed by atoms with Gasteiger partial charge in [0.25, 0.3) is 5.91 Å². The maximum atomic E-state index is 12.6. The molecule has 1 heterocycles. The Morgan fingerprint density at radius 2 is 1.91 bits per heavy atom. The molecule has 5 nitrogen and oxygen atoms in total. The number of rotatable bonds is 10. The summed E-state index contributed by atoms with van der Waals surface area (Å²) < 4.78 is 9.09. The number of benzene rings is 3. The molecule has 1 N–H and O–H groups in total. The van der Waals surface area contributed by atoms with Crippen molar-refractivity contribution in [3.05, 3.63) is 107 Å². The van der Waals surface area contributed by atoms with Crippen molar-refractivity contribution in [2.45, 2.75) is 25.9 Å².